The number of rotatable bonds is 4. The standard InChI is InChI=1S/C15H24ClN3/c1-4-18-7-9-19(10-8-18)15-6-5-13(11-14(15)16)12(2)17-3/h5-6,11-12,17H,4,7-10H2,1-3H3. The molecule has 1 heterocycles. The van der Waals surface area contributed by atoms with Crippen molar-refractivity contribution in [1.29, 1.82) is 0 Å². The van der Waals surface area contributed by atoms with Crippen LogP contribution in [0.5, 0.6) is 0 Å². The first-order chi connectivity index (χ1) is 9.15. The summed E-state index contributed by atoms with van der Waals surface area (Å²) in [5, 5.41) is 4.11. The minimum absolute atomic E-state index is 0.337. The lowest BCUT2D eigenvalue weighted by Gasteiger charge is -2.36. The molecule has 0 aromatic heterocycles. The van der Waals surface area contributed by atoms with Gasteiger partial charge < -0.3 is 15.1 Å². The quantitative estimate of drug-likeness (QED) is 0.916. The maximum Gasteiger partial charge on any atom is 0.0642 e. The zero-order valence-electron chi connectivity index (χ0n) is 12.1. The second-order valence-corrected chi connectivity index (χ2v) is 5.55. The van der Waals surface area contributed by atoms with E-state index in [2.05, 4.69) is 47.2 Å². The Labute approximate surface area is 121 Å². The van der Waals surface area contributed by atoms with Gasteiger partial charge in [0.2, 0.25) is 0 Å². The fraction of sp³-hybridized carbons (Fsp3) is 0.600. The lowest BCUT2D eigenvalue weighted by Crippen LogP contribution is -2.46. The van der Waals surface area contributed by atoms with Gasteiger partial charge in [0, 0.05) is 32.2 Å². The van der Waals surface area contributed by atoms with E-state index in [1.165, 1.54) is 11.3 Å². The average molecular weight is 282 g/mol. The summed E-state index contributed by atoms with van der Waals surface area (Å²) in [6.07, 6.45) is 0. The molecule has 1 N–H and O–H groups in total. The Kier molecular flexibility index (Phi) is 5.08. The minimum atomic E-state index is 0.337. The minimum Gasteiger partial charge on any atom is -0.368 e. The number of piperazine rings is 1. The molecule has 1 unspecified atom stereocenters. The van der Waals surface area contributed by atoms with Crippen LogP contribution in [-0.2, 0) is 0 Å². The van der Waals surface area contributed by atoms with Gasteiger partial charge in [0.15, 0.2) is 0 Å². The molecule has 1 aliphatic heterocycles. The molecule has 1 aliphatic rings. The molecule has 1 aromatic rings. The fourth-order valence-corrected chi connectivity index (χ4v) is 2.83. The highest BCUT2D eigenvalue weighted by atomic mass is 35.5. The SMILES string of the molecule is CCN1CCN(c2ccc(C(C)NC)cc2Cl)CC1. The Bertz CT molecular complexity index is 414. The zero-order valence-corrected chi connectivity index (χ0v) is 12.9. The molecule has 3 nitrogen and oxygen atoms in total. The first-order valence-corrected chi connectivity index (χ1v) is 7.47. The summed E-state index contributed by atoms with van der Waals surface area (Å²) in [6.45, 7) is 9.88. The van der Waals surface area contributed by atoms with E-state index in [4.69, 9.17) is 11.6 Å². The Hall–Kier alpha value is -0.770. The molecule has 19 heavy (non-hydrogen) atoms. The molecule has 4 heteroatoms. The summed E-state index contributed by atoms with van der Waals surface area (Å²) >= 11 is 6.45. The van der Waals surface area contributed by atoms with Crippen molar-refractivity contribution in [2.24, 2.45) is 0 Å². The van der Waals surface area contributed by atoms with Crippen LogP contribution in [-0.4, -0.2) is 44.7 Å². The molecule has 1 aromatic carbocycles. The highest BCUT2D eigenvalue weighted by Gasteiger charge is 2.18. The number of anilines is 1. The number of hydrogen-bond acceptors (Lipinski definition) is 3. The Morgan fingerprint density at radius 3 is 2.47 bits per heavy atom. The van der Waals surface area contributed by atoms with E-state index in [1.54, 1.807) is 0 Å². The number of likely N-dealkylation sites (N-methyl/N-ethyl adjacent to an activating group) is 1. The molecule has 0 radical (unpaired) electrons. The molecule has 1 fully saturated rings. The van der Waals surface area contributed by atoms with Crippen molar-refractivity contribution >= 4 is 17.3 Å². The monoisotopic (exact) mass is 281 g/mol. The van der Waals surface area contributed by atoms with Gasteiger partial charge >= 0.3 is 0 Å². The summed E-state index contributed by atoms with van der Waals surface area (Å²) < 4.78 is 0. The van der Waals surface area contributed by atoms with Crippen molar-refractivity contribution in [3.8, 4) is 0 Å². The summed E-state index contributed by atoms with van der Waals surface area (Å²) in [5.41, 5.74) is 2.41. The summed E-state index contributed by atoms with van der Waals surface area (Å²) in [5.74, 6) is 0. The van der Waals surface area contributed by atoms with E-state index in [9.17, 15) is 0 Å². The summed E-state index contributed by atoms with van der Waals surface area (Å²) in [4.78, 5) is 4.87. The predicted molar refractivity (Wildman–Crippen MR) is 83.3 cm³/mol. The molecular weight excluding hydrogens is 258 g/mol. The normalized spacial score (nSPS) is 18.6. The van der Waals surface area contributed by atoms with Crippen LogP contribution < -0.4 is 10.2 Å². The summed E-state index contributed by atoms with van der Waals surface area (Å²) in [7, 11) is 1.97. The molecule has 0 saturated carbocycles. The van der Waals surface area contributed by atoms with Gasteiger partial charge in [-0.1, -0.05) is 24.6 Å². The van der Waals surface area contributed by atoms with Gasteiger partial charge in [0.1, 0.15) is 0 Å². The van der Waals surface area contributed by atoms with Crippen LogP contribution in [0.15, 0.2) is 18.2 Å². The molecule has 1 atom stereocenters. The van der Waals surface area contributed by atoms with Crippen LogP contribution in [0, 0.1) is 0 Å². The molecule has 0 aliphatic carbocycles. The Morgan fingerprint density at radius 2 is 1.95 bits per heavy atom. The average Bonchev–Trinajstić information content (AvgIpc) is 2.46. The maximum atomic E-state index is 6.45. The molecule has 2 rings (SSSR count). The van der Waals surface area contributed by atoms with Crippen molar-refractivity contribution in [3.63, 3.8) is 0 Å². The van der Waals surface area contributed by atoms with Gasteiger partial charge in [-0.25, -0.2) is 0 Å². The number of benzene rings is 1. The largest absolute Gasteiger partial charge is 0.368 e. The molecular formula is C15H24ClN3. The van der Waals surface area contributed by atoms with Crippen LogP contribution in [0.2, 0.25) is 5.02 Å². The van der Waals surface area contributed by atoms with Gasteiger partial charge in [0.25, 0.3) is 0 Å². The Balaban J connectivity index is 2.09. The maximum absolute atomic E-state index is 6.45. The van der Waals surface area contributed by atoms with Gasteiger partial charge in [0.05, 0.1) is 10.7 Å². The van der Waals surface area contributed by atoms with Gasteiger partial charge in [-0.2, -0.15) is 0 Å². The van der Waals surface area contributed by atoms with E-state index in [0.717, 1.165) is 37.7 Å². The van der Waals surface area contributed by atoms with Crippen molar-refractivity contribution in [3.05, 3.63) is 28.8 Å². The third-order valence-electron chi connectivity index (χ3n) is 4.06. The van der Waals surface area contributed by atoms with Crippen LogP contribution in [0.25, 0.3) is 0 Å². The highest BCUT2D eigenvalue weighted by Crippen LogP contribution is 2.29. The first kappa shape index (κ1) is 14.6. The smallest absolute Gasteiger partial charge is 0.0642 e. The van der Waals surface area contributed by atoms with E-state index < -0.39 is 0 Å². The highest BCUT2D eigenvalue weighted by molar-refractivity contribution is 6.33. The first-order valence-electron chi connectivity index (χ1n) is 7.09. The van der Waals surface area contributed by atoms with Gasteiger partial charge in [-0.05, 0) is 38.2 Å². The number of nitrogens with one attached hydrogen (secondary N) is 1. The number of halogens is 1. The van der Waals surface area contributed by atoms with Crippen LogP contribution in [0.3, 0.4) is 0 Å². The van der Waals surface area contributed by atoms with E-state index in [1.807, 2.05) is 7.05 Å². The fourth-order valence-electron chi connectivity index (χ4n) is 2.52. The third kappa shape index (κ3) is 3.41. The van der Waals surface area contributed by atoms with Crippen LogP contribution in [0.1, 0.15) is 25.5 Å². The van der Waals surface area contributed by atoms with Crippen molar-refractivity contribution in [1.82, 2.24) is 10.2 Å². The lowest BCUT2D eigenvalue weighted by atomic mass is 10.1. The van der Waals surface area contributed by atoms with Crippen molar-refractivity contribution in [2.45, 2.75) is 19.9 Å². The molecule has 0 amide bonds. The van der Waals surface area contributed by atoms with Crippen LogP contribution in [0.4, 0.5) is 5.69 Å². The van der Waals surface area contributed by atoms with E-state index in [-0.39, 0.29) is 0 Å². The second-order valence-electron chi connectivity index (χ2n) is 5.14. The molecule has 0 bridgehead atoms. The molecule has 106 valence electrons. The number of nitrogens with zero attached hydrogens (tertiary/aromatic N) is 2. The van der Waals surface area contributed by atoms with Crippen molar-refractivity contribution < 1.29 is 0 Å². The van der Waals surface area contributed by atoms with Crippen LogP contribution >= 0.6 is 11.6 Å². The number of hydrogen-bond donors (Lipinski definition) is 1. The summed E-state index contributed by atoms with van der Waals surface area (Å²) in [6, 6.07) is 6.76. The topological polar surface area (TPSA) is 18.5 Å². The van der Waals surface area contributed by atoms with Gasteiger partial charge in [-0.15, -0.1) is 0 Å². The van der Waals surface area contributed by atoms with Gasteiger partial charge in [-0.3, -0.25) is 0 Å². The zero-order chi connectivity index (χ0) is 13.8. The van der Waals surface area contributed by atoms with E-state index >= 15 is 0 Å². The molecule has 1 saturated heterocycles. The van der Waals surface area contributed by atoms with E-state index in [0.29, 0.717) is 6.04 Å². The lowest BCUT2D eigenvalue weighted by molar-refractivity contribution is 0.271. The third-order valence-corrected chi connectivity index (χ3v) is 4.37. The van der Waals surface area contributed by atoms with Crippen molar-refractivity contribution in [2.75, 3.05) is 44.7 Å². The Morgan fingerprint density at radius 1 is 1.26 bits per heavy atom. The predicted octanol–water partition coefficient (Wildman–Crippen LogP) is 2.76. The second kappa shape index (κ2) is 6.60. The molecule has 0 spiro atoms.